The van der Waals surface area contributed by atoms with E-state index in [2.05, 4.69) is 6.92 Å². The molecule has 2 heteroatoms. The first-order chi connectivity index (χ1) is 3.72. The molecule has 2 rings (SSSR count). The van der Waals surface area contributed by atoms with E-state index in [4.69, 9.17) is 9.84 Å². The summed E-state index contributed by atoms with van der Waals surface area (Å²) in [7, 11) is 0. The Labute approximate surface area is 48.5 Å². The Bertz CT molecular complexity index is 124. The Balaban J connectivity index is 2.15. The van der Waals surface area contributed by atoms with E-state index in [0.717, 1.165) is 12.8 Å². The van der Waals surface area contributed by atoms with Crippen molar-refractivity contribution in [1.82, 2.24) is 0 Å². The molecule has 3 atom stereocenters. The van der Waals surface area contributed by atoms with E-state index in [1.54, 1.807) is 0 Å². The van der Waals surface area contributed by atoms with E-state index in [-0.39, 0.29) is 17.8 Å². The molecule has 1 aliphatic carbocycles. The topological polar surface area (TPSA) is 32.8 Å². The van der Waals surface area contributed by atoms with E-state index in [0.29, 0.717) is 0 Å². The summed E-state index contributed by atoms with van der Waals surface area (Å²) in [6.45, 7) is 2.06. The van der Waals surface area contributed by atoms with E-state index < -0.39 is 0 Å². The van der Waals surface area contributed by atoms with Crippen molar-refractivity contribution < 1.29 is 9.84 Å². The minimum absolute atomic E-state index is 0.0828. The van der Waals surface area contributed by atoms with Gasteiger partial charge in [-0.25, -0.2) is 0 Å². The summed E-state index contributed by atoms with van der Waals surface area (Å²) < 4.78 is 5.20. The molecular weight excluding hydrogens is 104 g/mol. The van der Waals surface area contributed by atoms with Crippen LogP contribution in [0.2, 0.25) is 0 Å². The third-order valence-corrected chi connectivity index (χ3v) is 2.23. The van der Waals surface area contributed by atoms with Crippen molar-refractivity contribution in [3.05, 3.63) is 0 Å². The van der Waals surface area contributed by atoms with Crippen LogP contribution in [0.3, 0.4) is 0 Å². The van der Waals surface area contributed by atoms with E-state index in [9.17, 15) is 0 Å². The normalized spacial score (nSPS) is 60.8. The van der Waals surface area contributed by atoms with Gasteiger partial charge in [-0.3, -0.25) is 0 Å². The fourth-order valence-corrected chi connectivity index (χ4v) is 1.53. The van der Waals surface area contributed by atoms with Crippen molar-refractivity contribution in [2.45, 2.75) is 37.6 Å². The summed E-state index contributed by atoms with van der Waals surface area (Å²) >= 11 is 0. The molecule has 2 fully saturated rings. The predicted molar refractivity (Wildman–Crippen MR) is 28.5 cm³/mol. The quantitative estimate of drug-likeness (QED) is 0.459. The average Bonchev–Trinajstić information content (AvgIpc) is 2.32. The third-order valence-electron chi connectivity index (χ3n) is 2.23. The second-order valence-corrected chi connectivity index (χ2v) is 2.96. The first kappa shape index (κ1) is 4.77. The van der Waals surface area contributed by atoms with Gasteiger partial charge in [0.05, 0.1) is 11.7 Å². The molecule has 1 saturated heterocycles. The highest BCUT2D eigenvalue weighted by atomic mass is 16.6. The van der Waals surface area contributed by atoms with Crippen molar-refractivity contribution in [2.24, 2.45) is 0 Å². The summed E-state index contributed by atoms with van der Waals surface area (Å²) in [5, 5.41) is 9.08. The highest BCUT2D eigenvalue weighted by Gasteiger charge is 2.60. The molecule has 2 nitrogen and oxygen atoms in total. The number of rotatable bonds is 0. The molecule has 0 radical (unpaired) electrons. The molecule has 1 N–H and O–H groups in total. The zero-order valence-electron chi connectivity index (χ0n) is 4.92. The lowest BCUT2D eigenvalue weighted by molar-refractivity contribution is 0.112. The molecule has 0 spiro atoms. The molecule has 1 aliphatic heterocycles. The molecule has 0 bridgehead atoms. The highest BCUT2D eigenvalue weighted by Crippen LogP contribution is 2.49. The number of fused-ring (bicyclic) bond motifs is 1. The smallest absolute Gasteiger partial charge is 0.113 e. The lowest BCUT2D eigenvalue weighted by atomic mass is 10.1. The van der Waals surface area contributed by atoms with Crippen molar-refractivity contribution in [2.75, 3.05) is 0 Å². The van der Waals surface area contributed by atoms with Gasteiger partial charge in [0.1, 0.15) is 6.10 Å². The number of aliphatic hydroxyl groups excluding tert-OH is 1. The molecule has 1 saturated carbocycles. The monoisotopic (exact) mass is 114 g/mol. The van der Waals surface area contributed by atoms with Gasteiger partial charge < -0.3 is 9.84 Å². The highest BCUT2D eigenvalue weighted by molar-refractivity contribution is 5.08. The van der Waals surface area contributed by atoms with Gasteiger partial charge in [-0.2, -0.15) is 0 Å². The van der Waals surface area contributed by atoms with E-state index in [1.807, 2.05) is 0 Å². The van der Waals surface area contributed by atoms with Crippen LogP contribution in [-0.2, 0) is 4.74 Å². The first-order valence-electron chi connectivity index (χ1n) is 3.08. The number of epoxide rings is 1. The summed E-state index contributed by atoms with van der Waals surface area (Å²) in [5.41, 5.74) is 0.0828. The first-order valence-corrected chi connectivity index (χ1v) is 3.08. The van der Waals surface area contributed by atoms with Crippen molar-refractivity contribution >= 4 is 0 Å². The van der Waals surface area contributed by atoms with Crippen LogP contribution in [-0.4, -0.2) is 22.9 Å². The molecule has 0 unspecified atom stereocenters. The summed E-state index contributed by atoms with van der Waals surface area (Å²) in [5.74, 6) is 0. The average molecular weight is 114 g/mol. The Kier molecular flexibility index (Phi) is 0.649. The molecule has 1 heterocycles. The van der Waals surface area contributed by atoms with Gasteiger partial charge in [0.25, 0.3) is 0 Å². The third kappa shape index (κ3) is 0.400. The van der Waals surface area contributed by atoms with Crippen LogP contribution in [0.1, 0.15) is 19.8 Å². The minimum Gasteiger partial charge on any atom is -0.390 e. The van der Waals surface area contributed by atoms with Crippen LogP contribution in [0.15, 0.2) is 0 Å². The molecule has 46 valence electrons. The molecule has 2 aliphatic rings. The van der Waals surface area contributed by atoms with Crippen molar-refractivity contribution in [3.63, 3.8) is 0 Å². The standard InChI is InChI=1S/C6H10O2/c1-6-3-2-4(7)5(6)8-6/h4-5,7H,2-3H2,1H3/t4-,5-,6+/m1/s1. The molecular formula is C6H10O2. The van der Waals surface area contributed by atoms with Gasteiger partial charge in [-0.15, -0.1) is 0 Å². The second kappa shape index (κ2) is 1.09. The van der Waals surface area contributed by atoms with E-state index in [1.165, 1.54) is 0 Å². The number of ether oxygens (including phenoxy) is 1. The number of aliphatic hydroxyl groups is 1. The van der Waals surface area contributed by atoms with Crippen LogP contribution in [0.4, 0.5) is 0 Å². The minimum atomic E-state index is -0.167. The van der Waals surface area contributed by atoms with Gasteiger partial charge in [0.15, 0.2) is 0 Å². The maximum Gasteiger partial charge on any atom is 0.113 e. The second-order valence-electron chi connectivity index (χ2n) is 2.96. The molecule has 0 amide bonds. The molecule has 8 heavy (non-hydrogen) atoms. The van der Waals surface area contributed by atoms with Crippen molar-refractivity contribution in [3.8, 4) is 0 Å². The predicted octanol–water partition coefficient (Wildman–Crippen LogP) is 0.299. The Morgan fingerprint density at radius 3 is 2.62 bits per heavy atom. The molecule has 0 aromatic carbocycles. The lowest BCUT2D eigenvalue weighted by Gasteiger charge is -1.98. The fourth-order valence-electron chi connectivity index (χ4n) is 1.53. The van der Waals surface area contributed by atoms with Crippen LogP contribution in [0.25, 0.3) is 0 Å². The SMILES string of the molecule is C[C@]12CC[C@@H](O)[C@H]1O2. The zero-order chi connectivity index (χ0) is 5.78. The summed E-state index contributed by atoms with van der Waals surface area (Å²) in [6, 6.07) is 0. The van der Waals surface area contributed by atoms with E-state index >= 15 is 0 Å². The van der Waals surface area contributed by atoms with Crippen molar-refractivity contribution in [1.29, 1.82) is 0 Å². The largest absolute Gasteiger partial charge is 0.390 e. The van der Waals surface area contributed by atoms with Crippen LogP contribution in [0, 0.1) is 0 Å². The fraction of sp³-hybridized carbons (Fsp3) is 1.00. The maximum atomic E-state index is 9.08. The molecule has 0 aromatic heterocycles. The number of hydrogen-bond acceptors (Lipinski definition) is 2. The Morgan fingerprint density at radius 2 is 2.50 bits per heavy atom. The zero-order valence-corrected chi connectivity index (χ0v) is 4.92. The van der Waals surface area contributed by atoms with Gasteiger partial charge in [-0.05, 0) is 19.8 Å². The molecule has 0 aromatic rings. The van der Waals surface area contributed by atoms with Crippen LogP contribution >= 0.6 is 0 Å². The Hall–Kier alpha value is -0.0800. The van der Waals surface area contributed by atoms with Crippen LogP contribution < -0.4 is 0 Å². The van der Waals surface area contributed by atoms with Gasteiger partial charge >= 0.3 is 0 Å². The summed E-state index contributed by atoms with van der Waals surface area (Å²) in [4.78, 5) is 0. The van der Waals surface area contributed by atoms with Gasteiger partial charge in [0, 0.05) is 0 Å². The van der Waals surface area contributed by atoms with Gasteiger partial charge in [0.2, 0.25) is 0 Å². The summed E-state index contributed by atoms with van der Waals surface area (Å²) in [6.07, 6.45) is 1.99. The Morgan fingerprint density at radius 1 is 1.75 bits per heavy atom. The lowest BCUT2D eigenvalue weighted by Crippen LogP contribution is -2.09. The maximum absolute atomic E-state index is 9.08. The van der Waals surface area contributed by atoms with Gasteiger partial charge in [-0.1, -0.05) is 0 Å². The number of hydrogen-bond donors (Lipinski definition) is 1. The van der Waals surface area contributed by atoms with Crippen LogP contribution in [0.5, 0.6) is 0 Å².